The quantitative estimate of drug-likeness (QED) is 0.870. The summed E-state index contributed by atoms with van der Waals surface area (Å²) in [7, 11) is 0. The molecular weight excluding hydrogens is 216 g/mol. The van der Waals surface area contributed by atoms with Crippen molar-refractivity contribution in [3.8, 4) is 5.75 Å². The van der Waals surface area contributed by atoms with E-state index >= 15 is 0 Å². The van der Waals surface area contributed by atoms with Gasteiger partial charge in [-0.3, -0.25) is 0 Å². The summed E-state index contributed by atoms with van der Waals surface area (Å²) in [6.45, 7) is 8.68. The minimum absolute atomic E-state index is 0.130. The van der Waals surface area contributed by atoms with Gasteiger partial charge in [0, 0.05) is 5.56 Å². The van der Waals surface area contributed by atoms with Gasteiger partial charge in [0.25, 0.3) is 0 Å². The third-order valence-electron chi connectivity index (χ3n) is 2.50. The molecule has 1 aromatic carbocycles. The third-order valence-corrected chi connectivity index (χ3v) is 2.50. The van der Waals surface area contributed by atoms with E-state index in [2.05, 4.69) is 0 Å². The molecule has 3 heteroatoms. The van der Waals surface area contributed by atoms with Crippen molar-refractivity contribution in [1.82, 2.24) is 0 Å². The van der Waals surface area contributed by atoms with Gasteiger partial charge in [0.05, 0.1) is 6.61 Å². The number of hydrogen-bond donors (Lipinski definition) is 1. The molecule has 0 saturated carbocycles. The van der Waals surface area contributed by atoms with Crippen LogP contribution in [0.25, 0.3) is 0 Å². The molecule has 0 atom stereocenters. The zero-order valence-corrected chi connectivity index (χ0v) is 10.9. The molecular formula is C14H20O3. The molecule has 1 aromatic rings. The van der Waals surface area contributed by atoms with Crippen LogP contribution in [0.2, 0.25) is 0 Å². The second kappa shape index (κ2) is 5.21. The summed E-state index contributed by atoms with van der Waals surface area (Å²) in [5, 5.41) is 9.18. The van der Waals surface area contributed by atoms with Crippen LogP contribution in [-0.4, -0.2) is 17.7 Å². The molecule has 0 aromatic heterocycles. The monoisotopic (exact) mass is 236 g/mol. The molecule has 1 N–H and O–H groups in total. The first-order valence-corrected chi connectivity index (χ1v) is 5.87. The van der Waals surface area contributed by atoms with E-state index in [0.717, 1.165) is 12.0 Å². The van der Waals surface area contributed by atoms with Crippen molar-refractivity contribution in [2.45, 2.75) is 39.5 Å². The topological polar surface area (TPSA) is 46.5 Å². The van der Waals surface area contributed by atoms with E-state index < -0.39 is 5.97 Å². The maximum absolute atomic E-state index is 11.2. The van der Waals surface area contributed by atoms with E-state index in [1.165, 1.54) is 0 Å². The molecule has 0 unspecified atom stereocenters. The Morgan fingerprint density at radius 1 is 1.35 bits per heavy atom. The minimum Gasteiger partial charge on any atom is -0.492 e. The van der Waals surface area contributed by atoms with Crippen molar-refractivity contribution < 1.29 is 14.6 Å². The molecule has 0 amide bonds. The number of carbonyl (C=O) groups is 1. The highest BCUT2D eigenvalue weighted by molar-refractivity contribution is 5.91. The molecule has 0 aliphatic heterocycles. The van der Waals surface area contributed by atoms with Crippen LogP contribution in [0.15, 0.2) is 18.2 Å². The fraction of sp³-hybridized carbons (Fsp3) is 0.500. The fourth-order valence-corrected chi connectivity index (χ4v) is 1.66. The standard InChI is InChI=1S/C14H20O3/c1-5-9-17-12-10(13(15)16)7-6-8-11(12)14(2,3)4/h6-8H,5,9H2,1-4H3,(H,15,16). The van der Waals surface area contributed by atoms with Crippen LogP contribution in [-0.2, 0) is 5.41 Å². The van der Waals surface area contributed by atoms with Crippen molar-refractivity contribution in [2.24, 2.45) is 0 Å². The molecule has 0 aliphatic rings. The van der Waals surface area contributed by atoms with Crippen molar-refractivity contribution in [3.63, 3.8) is 0 Å². The van der Waals surface area contributed by atoms with Gasteiger partial charge in [0.2, 0.25) is 0 Å². The van der Waals surface area contributed by atoms with Crippen LogP contribution < -0.4 is 4.74 Å². The van der Waals surface area contributed by atoms with E-state index in [4.69, 9.17) is 4.74 Å². The number of benzene rings is 1. The second-order valence-corrected chi connectivity index (χ2v) is 5.09. The molecule has 0 saturated heterocycles. The van der Waals surface area contributed by atoms with Gasteiger partial charge in [0.1, 0.15) is 11.3 Å². The molecule has 0 fully saturated rings. The highest BCUT2D eigenvalue weighted by atomic mass is 16.5. The summed E-state index contributed by atoms with van der Waals surface area (Å²) in [6, 6.07) is 5.28. The Hall–Kier alpha value is -1.51. The Labute approximate surface area is 102 Å². The van der Waals surface area contributed by atoms with Crippen molar-refractivity contribution in [2.75, 3.05) is 6.61 Å². The van der Waals surface area contributed by atoms with Gasteiger partial charge >= 0.3 is 5.97 Å². The van der Waals surface area contributed by atoms with Crippen LogP contribution in [0.1, 0.15) is 50.0 Å². The zero-order valence-electron chi connectivity index (χ0n) is 10.9. The van der Waals surface area contributed by atoms with Gasteiger partial charge in [0.15, 0.2) is 0 Å². The predicted molar refractivity (Wildman–Crippen MR) is 67.9 cm³/mol. The van der Waals surface area contributed by atoms with Crippen molar-refractivity contribution in [1.29, 1.82) is 0 Å². The Morgan fingerprint density at radius 3 is 2.47 bits per heavy atom. The SMILES string of the molecule is CCCOc1c(C(=O)O)cccc1C(C)(C)C. The minimum atomic E-state index is -0.942. The van der Waals surface area contributed by atoms with E-state index in [9.17, 15) is 9.90 Å². The molecule has 1 rings (SSSR count). The lowest BCUT2D eigenvalue weighted by atomic mass is 9.85. The van der Waals surface area contributed by atoms with Gasteiger partial charge in [-0.25, -0.2) is 4.79 Å². The number of ether oxygens (including phenoxy) is 1. The highest BCUT2D eigenvalue weighted by Crippen LogP contribution is 2.34. The Morgan fingerprint density at radius 2 is 2.00 bits per heavy atom. The van der Waals surface area contributed by atoms with Gasteiger partial charge in [-0.2, -0.15) is 0 Å². The third kappa shape index (κ3) is 3.22. The van der Waals surface area contributed by atoms with Crippen LogP contribution >= 0.6 is 0 Å². The van der Waals surface area contributed by atoms with Gasteiger partial charge < -0.3 is 9.84 Å². The number of carboxylic acid groups (broad SMARTS) is 1. The normalized spacial score (nSPS) is 11.3. The lowest BCUT2D eigenvalue weighted by Crippen LogP contribution is -2.16. The highest BCUT2D eigenvalue weighted by Gasteiger charge is 2.23. The van der Waals surface area contributed by atoms with E-state index in [-0.39, 0.29) is 11.0 Å². The molecule has 0 radical (unpaired) electrons. The fourth-order valence-electron chi connectivity index (χ4n) is 1.66. The van der Waals surface area contributed by atoms with Gasteiger partial charge in [-0.15, -0.1) is 0 Å². The first kappa shape index (κ1) is 13.6. The number of aromatic carboxylic acids is 1. The van der Waals surface area contributed by atoms with Gasteiger partial charge in [-0.1, -0.05) is 39.8 Å². The van der Waals surface area contributed by atoms with Crippen molar-refractivity contribution >= 4 is 5.97 Å². The summed E-state index contributed by atoms with van der Waals surface area (Å²) in [6.07, 6.45) is 0.859. The second-order valence-electron chi connectivity index (χ2n) is 5.09. The molecule has 3 nitrogen and oxygen atoms in total. The summed E-state index contributed by atoms with van der Waals surface area (Å²) < 4.78 is 5.62. The summed E-state index contributed by atoms with van der Waals surface area (Å²) in [4.78, 5) is 11.2. The van der Waals surface area contributed by atoms with Gasteiger partial charge in [-0.05, 0) is 17.9 Å². The first-order chi connectivity index (χ1) is 7.88. The molecule has 0 spiro atoms. The summed E-state index contributed by atoms with van der Waals surface area (Å²) in [5.74, 6) is -0.434. The Kier molecular flexibility index (Phi) is 4.16. The number of hydrogen-bond acceptors (Lipinski definition) is 2. The molecule has 0 heterocycles. The smallest absolute Gasteiger partial charge is 0.339 e. The summed E-state index contributed by atoms with van der Waals surface area (Å²) >= 11 is 0. The molecule has 0 bridgehead atoms. The Balaban J connectivity index is 3.29. The average Bonchev–Trinajstić information content (AvgIpc) is 2.24. The predicted octanol–water partition coefficient (Wildman–Crippen LogP) is 3.47. The van der Waals surface area contributed by atoms with Crippen LogP contribution in [0, 0.1) is 0 Å². The Bertz CT molecular complexity index is 402. The molecule has 0 aliphatic carbocycles. The van der Waals surface area contributed by atoms with Crippen molar-refractivity contribution in [3.05, 3.63) is 29.3 Å². The zero-order chi connectivity index (χ0) is 13.1. The largest absolute Gasteiger partial charge is 0.492 e. The van der Waals surface area contributed by atoms with E-state index in [0.29, 0.717) is 12.4 Å². The average molecular weight is 236 g/mol. The van der Waals surface area contributed by atoms with Crippen LogP contribution in [0.3, 0.4) is 0 Å². The summed E-state index contributed by atoms with van der Waals surface area (Å²) in [5.41, 5.74) is 1.05. The number of rotatable bonds is 4. The maximum atomic E-state index is 11.2. The number of para-hydroxylation sites is 1. The molecule has 94 valence electrons. The van der Waals surface area contributed by atoms with E-state index in [1.54, 1.807) is 12.1 Å². The maximum Gasteiger partial charge on any atom is 0.339 e. The lowest BCUT2D eigenvalue weighted by Gasteiger charge is -2.23. The van der Waals surface area contributed by atoms with E-state index in [1.807, 2.05) is 33.8 Å². The number of carboxylic acids is 1. The van der Waals surface area contributed by atoms with Crippen LogP contribution in [0.4, 0.5) is 0 Å². The molecule has 17 heavy (non-hydrogen) atoms. The first-order valence-electron chi connectivity index (χ1n) is 5.87. The van der Waals surface area contributed by atoms with Crippen LogP contribution in [0.5, 0.6) is 5.75 Å². The lowest BCUT2D eigenvalue weighted by molar-refractivity contribution is 0.0692.